The molecule has 7 nitrogen and oxygen atoms in total. The van der Waals surface area contributed by atoms with E-state index in [1.165, 1.54) is 33.3 Å². The molecule has 2 rings (SSSR count). The highest BCUT2D eigenvalue weighted by atomic mass is 35.5. The summed E-state index contributed by atoms with van der Waals surface area (Å²) < 4.78 is 15.5. The normalized spacial score (nSPS) is 11.4. The molecular weight excluding hydrogens is 360 g/mol. The predicted octanol–water partition coefficient (Wildman–Crippen LogP) is 3.12. The molecule has 0 heterocycles. The molecule has 0 aliphatic carbocycles. The van der Waals surface area contributed by atoms with E-state index >= 15 is 0 Å². The zero-order valence-corrected chi connectivity index (χ0v) is 15.3. The number of methoxy groups -OCH3 is 2. The zero-order chi connectivity index (χ0) is 19.3. The topological polar surface area (TPSA) is 99.9 Å². The van der Waals surface area contributed by atoms with Crippen molar-refractivity contribution in [3.05, 3.63) is 47.0 Å². The fourth-order valence-electron chi connectivity index (χ4n) is 2.16. The number of esters is 1. The molecule has 0 bridgehead atoms. The molecule has 2 aromatic carbocycles. The smallest absolute Gasteiger partial charge is 0.342 e. The van der Waals surface area contributed by atoms with E-state index in [1.54, 1.807) is 24.3 Å². The highest BCUT2D eigenvalue weighted by molar-refractivity contribution is 6.33. The Morgan fingerprint density at radius 2 is 1.77 bits per heavy atom. The molecule has 26 heavy (non-hydrogen) atoms. The van der Waals surface area contributed by atoms with E-state index in [0.717, 1.165) is 0 Å². The van der Waals surface area contributed by atoms with E-state index < -0.39 is 18.0 Å². The van der Waals surface area contributed by atoms with Crippen LogP contribution in [0.5, 0.6) is 11.5 Å². The Bertz CT molecular complexity index is 825. The number of anilines is 2. The molecule has 0 fully saturated rings. The second-order valence-corrected chi connectivity index (χ2v) is 5.72. The predicted molar refractivity (Wildman–Crippen MR) is 98.9 cm³/mol. The second kappa shape index (κ2) is 8.44. The van der Waals surface area contributed by atoms with E-state index in [2.05, 4.69) is 5.32 Å². The van der Waals surface area contributed by atoms with Crippen LogP contribution in [-0.2, 0) is 9.53 Å². The largest absolute Gasteiger partial charge is 0.496 e. The first kappa shape index (κ1) is 19.4. The summed E-state index contributed by atoms with van der Waals surface area (Å²) in [6.45, 7) is 1.45. The summed E-state index contributed by atoms with van der Waals surface area (Å²) in [7, 11) is 2.88. The second-order valence-electron chi connectivity index (χ2n) is 5.31. The Kier molecular flexibility index (Phi) is 6.30. The van der Waals surface area contributed by atoms with Gasteiger partial charge in [0.05, 0.1) is 30.6 Å². The average molecular weight is 379 g/mol. The summed E-state index contributed by atoms with van der Waals surface area (Å²) in [4.78, 5) is 24.7. The van der Waals surface area contributed by atoms with Crippen molar-refractivity contribution >= 4 is 34.9 Å². The number of hydrogen-bond donors (Lipinski definition) is 2. The van der Waals surface area contributed by atoms with Crippen molar-refractivity contribution in [3.63, 3.8) is 0 Å². The van der Waals surface area contributed by atoms with Crippen molar-refractivity contribution in [2.75, 3.05) is 25.3 Å². The first-order chi connectivity index (χ1) is 12.4. The van der Waals surface area contributed by atoms with E-state index in [9.17, 15) is 9.59 Å². The number of carbonyl (C=O) groups is 2. The molecule has 0 spiro atoms. The van der Waals surface area contributed by atoms with Crippen LogP contribution in [0.25, 0.3) is 0 Å². The Balaban J connectivity index is 2.11. The standard InChI is InChI=1S/C18H19ClN2O5/c1-10(17(22)21-14-6-4-5-7-15(14)24-2)26-18(23)11-8-12(19)13(20)9-16(11)25-3/h4-10H,20H2,1-3H3,(H,21,22)/t10-/m0/s1. The van der Waals surface area contributed by atoms with Crippen molar-refractivity contribution in [2.45, 2.75) is 13.0 Å². The lowest BCUT2D eigenvalue weighted by Crippen LogP contribution is -2.30. The summed E-state index contributed by atoms with van der Waals surface area (Å²) in [6, 6.07) is 9.65. The highest BCUT2D eigenvalue weighted by Gasteiger charge is 2.23. The maximum Gasteiger partial charge on any atom is 0.342 e. The van der Waals surface area contributed by atoms with E-state index in [-0.39, 0.29) is 22.0 Å². The minimum Gasteiger partial charge on any atom is -0.496 e. The fraction of sp³-hybridized carbons (Fsp3) is 0.222. The summed E-state index contributed by atoms with van der Waals surface area (Å²) in [5, 5.41) is 2.83. The number of hydrogen-bond acceptors (Lipinski definition) is 6. The Morgan fingerprint density at radius 3 is 2.42 bits per heavy atom. The van der Waals surface area contributed by atoms with Gasteiger partial charge in [-0.15, -0.1) is 0 Å². The van der Waals surface area contributed by atoms with Gasteiger partial charge in [0.2, 0.25) is 0 Å². The van der Waals surface area contributed by atoms with E-state index in [4.69, 9.17) is 31.5 Å². The van der Waals surface area contributed by atoms with Crippen LogP contribution in [0.1, 0.15) is 17.3 Å². The van der Waals surface area contributed by atoms with Crippen LogP contribution < -0.4 is 20.5 Å². The lowest BCUT2D eigenvalue weighted by Gasteiger charge is -2.16. The number of rotatable bonds is 6. The van der Waals surface area contributed by atoms with Gasteiger partial charge in [-0.3, -0.25) is 4.79 Å². The van der Waals surface area contributed by atoms with Crippen LogP contribution in [0.4, 0.5) is 11.4 Å². The van der Waals surface area contributed by atoms with E-state index in [0.29, 0.717) is 11.4 Å². The number of benzene rings is 2. The lowest BCUT2D eigenvalue weighted by atomic mass is 10.2. The molecule has 0 unspecified atom stereocenters. The number of para-hydroxylation sites is 2. The zero-order valence-electron chi connectivity index (χ0n) is 14.5. The summed E-state index contributed by atoms with van der Waals surface area (Å²) in [6.07, 6.45) is -1.06. The lowest BCUT2D eigenvalue weighted by molar-refractivity contribution is -0.123. The van der Waals surface area contributed by atoms with Gasteiger partial charge >= 0.3 is 5.97 Å². The van der Waals surface area contributed by atoms with Crippen LogP contribution in [0, 0.1) is 0 Å². The van der Waals surface area contributed by atoms with Gasteiger partial charge in [-0.2, -0.15) is 0 Å². The molecule has 2 aromatic rings. The van der Waals surface area contributed by atoms with Crippen molar-refractivity contribution in [3.8, 4) is 11.5 Å². The molecule has 0 radical (unpaired) electrons. The van der Waals surface area contributed by atoms with Gasteiger partial charge in [0.25, 0.3) is 5.91 Å². The maximum atomic E-state index is 12.4. The molecule has 1 amide bonds. The Hall–Kier alpha value is -2.93. The minimum atomic E-state index is -1.06. The van der Waals surface area contributed by atoms with Crippen molar-refractivity contribution in [1.29, 1.82) is 0 Å². The van der Waals surface area contributed by atoms with Gasteiger partial charge < -0.3 is 25.3 Å². The Morgan fingerprint density at radius 1 is 1.12 bits per heavy atom. The third-order valence-electron chi connectivity index (χ3n) is 3.56. The fourth-order valence-corrected chi connectivity index (χ4v) is 2.32. The van der Waals surface area contributed by atoms with Gasteiger partial charge in [0.1, 0.15) is 17.1 Å². The summed E-state index contributed by atoms with van der Waals surface area (Å²) >= 11 is 5.95. The maximum absolute atomic E-state index is 12.4. The van der Waals surface area contributed by atoms with Gasteiger partial charge in [-0.05, 0) is 25.1 Å². The molecule has 0 saturated heterocycles. The molecule has 1 atom stereocenters. The van der Waals surface area contributed by atoms with Crippen LogP contribution in [-0.4, -0.2) is 32.2 Å². The van der Waals surface area contributed by atoms with Gasteiger partial charge in [-0.1, -0.05) is 23.7 Å². The number of ether oxygens (including phenoxy) is 3. The summed E-state index contributed by atoms with van der Waals surface area (Å²) in [5.41, 5.74) is 6.50. The number of amides is 1. The van der Waals surface area contributed by atoms with Gasteiger partial charge in [0, 0.05) is 6.07 Å². The first-order valence-corrected chi connectivity index (χ1v) is 8.03. The number of halogens is 1. The SMILES string of the molecule is COc1ccccc1NC(=O)[C@H](C)OC(=O)c1cc(Cl)c(N)cc1OC. The number of nitrogen functional groups attached to an aromatic ring is 1. The molecule has 8 heteroatoms. The van der Waals surface area contributed by atoms with Crippen molar-refractivity contribution in [2.24, 2.45) is 0 Å². The third-order valence-corrected chi connectivity index (χ3v) is 3.88. The van der Waals surface area contributed by atoms with Gasteiger partial charge in [0.15, 0.2) is 6.10 Å². The van der Waals surface area contributed by atoms with Crippen LogP contribution >= 0.6 is 11.6 Å². The number of carbonyl (C=O) groups excluding carboxylic acids is 2. The van der Waals surface area contributed by atoms with Crippen molar-refractivity contribution in [1.82, 2.24) is 0 Å². The third kappa shape index (κ3) is 4.37. The molecular formula is C18H19ClN2O5. The Labute approximate surface area is 156 Å². The molecule has 0 aliphatic heterocycles. The quantitative estimate of drug-likeness (QED) is 0.591. The molecule has 0 saturated carbocycles. The first-order valence-electron chi connectivity index (χ1n) is 7.65. The molecule has 0 aromatic heterocycles. The average Bonchev–Trinajstić information content (AvgIpc) is 2.63. The van der Waals surface area contributed by atoms with Crippen molar-refractivity contribution < 1.29 is 23.8 Å². The van der Waals surface area contributed by atoms with E-state index in [1.807, 2.05) is 0 Å². The van der Waals surface area contributed by atoms with Crippen LogP contribution in [0.3, 0.4) is 0 Å². The number of nitrogens with one attached hydrogen (secondary N) is 1. The monoisotopic (exact) mass is 378 g/mol. The number of nitrogens with two attached hydrogens (primary N) is 1. The van der Waals surface area contributed by atoms with Crippen LogP contribution in [0.2, 0.25) is 5.02 Å². The molecule has 0 aliphatic rings. The highest BCUT2D eigenvalue weighted by Crippen LogP contribution is 2.29. The minimum absolute atomic E-state index is 0.0728. The summed E-state index contributed by atoms with van der Waals surface area (Å²) in [5.74, 6) is -0.574. The van der Waals surface area contributed by atoms with Crippen LogP contribution in [0.15, 0.2) is 36.4 Å². The molecule has 3 N–H and O–H groups in total. The van der Waals surface area contributed by atoms with Gasteiger partial charge in [-0.25, -0.2) is 4.79 Å². The molecule has 138 valence electrons.